The maximum atomic E-state index is 14.5. The molecule has 0 saturated carbocycles. The van der Waals surface area contributed by atoms with E-state index in [9.17, 15) is 27.1 Å². The Bertz CT molecular complexity index is 1310. The van der Waals surface area contributed by atoms with Gasteiger partial charge >= 0.3 is 12.1 Å². The molecule has 0 unspecified atom stereocenters. The Morgan fingerprint density at radius 1 is 1.00 bits per heavy atom. The highest BCUT2D eigenvalue weighted by Gasteiger charge is 2.37. The van der Waals surface area contributed by atoms with Gasteiger partial charge < -0.3 is 16.2 Å². The third kappa shape index (κ3) is 5.75. The number of alkyl halides is 5. The quantitative estimate of drug-likeness (QED) is 0.276. The van der Waals surface area contributed by atoms with Crippen LogP contribution in [0.25, 0.3) is 21.2 Å². The largest absolute Gasteiger partial charge is 0.416 e. The van der Waals surface area contributed by atoms with Crippen molar-refractivity contribution in [2.45, 2.75) is 24.6 Å². The number of nitrogens with two attached hydrogens (primary N) is 1. The van der Waals surface area contributed by atoms with E-state index in [0.29, 0.717) is 11.1 Å². The molecule has 5 nitrogen and oxygen atoms in total. The van der Waals surface area contributed by atoms with Gasteiger partial charge in [-0.3, -0.25) is 4.98 Å². The molecular weight excluding hydrogens is 487 g/mol. The SMILES string of the molecule is N[C@@H](CNc1nc(C(F)(F)CO)c(-c2ccc3cnccc3c2)s1)Cc1ccc(C(F)(F)F)cc1. The monoisotopic (exact) mass is 508 g/mol. The summed E-state index contributed by atoms with van der Waals surface area (Å²) in [5, 5.41) is 14.1. The first kappa shape index (κ1) is 25.0. The normalized spacial score (nSPS) is 13.2. The highest BCUT2D eigenvalue weighted by atomic mass is 32.1. The number of aromatic nitrogens is 2. The summed E-state index contributed by atoms with van der Waals surface area (Å²) in [6.07, 6.45) is -0.865. The lowest BCUT2D eigenvalue weighted by Gasteiger charge is -2.13. The van der Waals surface area contributed by atoms with Crippen molar-refractivity contribution in [3.63, 3.8) is 0 Å². The number of nitrogens with zero attached hydrogens (tertiary/aromatic N) is 2. The lowest BCUT2D eigenvalue weighted by molar-refractivity contribution is -0.137. The summed E-state index contributed by atoms with van der Waals surface area (Å²) in [5.74, 6) is -3.55. The zero-order chi connectivity index (χ0) is 25.2. The molecule has 4 aromatic rings. The average Bonchev–Trinajstić information content (AvgIpc) is 3.28. The van der Waals surface area contributed by atoms with E-state index < -0.39 is 36.0 Å². The summed E-state index contributed by atoms with van der Waals surface area (Å²) >= 11 is 1.01. The number of halogens is 5. The Labute approximate surface area is 201 Å². The van der Waals surface area contributed by atoms with Gasteiger partial charge in [-0.05, 0) is 47.2 Å². The van der Waals surface area contributed by atoms with Crippen LogP contribution in [0.5, 0.6) is 0 Å². The number of hydrogen-bond acceptors (Lipinski definition) is 6. The van der Waals surface area contributed by atoms with Crippen molar-refractivity contribution in [2.75, 3.05) is 18.5 Å². The molecule has 2 aromatic carbocycles. The predicted molar refractivity (Wildman–Crippen MR) is 125 cm³/mol. The van der Waals surface area contributed by atoms with Crippen LogP contribution in [-0.4, -0.2) is 34.3 Å². The van der Waals surface area contributed by atoms with Crippen LogP contribution in [0.2, 0.25) is 0 Å². The van der Waals surface area contributed by atoms with Gasteiger partial charge in [-0.25, -0.2) is 4.98 Å². The maximum Gasteiger partial charge on any atom is 0.416 e. The lowest BCUT2D eigenvalue weighted by Crippen LogP contribution is -2.31. The van der Waals surface area contributed by atoms with Crippen LogP contribution in [0.4, 0.5) is 27.1 Å². The Morgan fingerprint density at radius 3 is 2.43 bits per heavy atom. The number of fused-ring (bicyclic) bond motifs is 1. The molecule has 0 aliphatic rings. The molecule has 0 bridgehead atoms. The topological polar surface area (TPSA) is 84.1 Å². The first-order chi connectivity index (χ1) is 16.6. The minimum absolute atomic E-state index is 0.154. The molecule has 0 saturated heterocycles. The van der Waals surface area contributed by atoms with Crippen molar-refractivity contribution in [1.29, 1.82) is 0 Å². The zero-order valence-corrected chi connectivity index (χ0v) is 19.0. The van der Waals surface area contributed by atoms with Gasteiger partial charge in [-0.15, -0.1) is 0 Å². The number of benzene rings is 2. The predicted octanol–water partition coefficient (Wildman–Crippen LogP) is 5.44. The molecular formula is C24H21F5N4OS. The van der Waals surface area contributed by atoms with Gasteiger partial charge in [-0.2, -0.15) is 22.0 Å². The average molecular weight is 509 g/mol. The van der Waals surface area contributed by atoms with Crippen LogP contribution < -0.4 is 11.1 Å². The van der Waals surface area contributed by atoms with Crippen molar-refractivity contribution in [1.82, 2.24) is 9.97 Å². The highest BCUT2D eigenvalue weighted by molar-refractivity contribution is 7.19. The molecule has 2 heterocycles. The summed E-state index contributed by atoms with van der Waals surface area (Å²) < 4.78 is 67.2. The third-order valence-corrected chi connectivity index (χ3v) is 6.43. The number of thiazole rings is 1. The second-order valence-corrected chi connectivity index (χ2v) is 9.04. The van der Waals surface area contributed by atoms with E-state index in [4.69, 9.17) is 5.73 Å². The lowest BCUT2D eigenvalue weighted by atomic mass is 10.0. The molecule has 1 atom stereocenters. The summed E-state index contributed by atoms with van der Waals surface area (Å²) in [6, 6.07) is 11.2. The third-order valence-electron chi connectivity index (χ3n) is 5.37. The first-order valence-corrected chi connectivity index (χ1v) is 11.4. The molecule has 0 spiro atoms. The maximum absolute atomic E-state index is 14.5. The van der Waals surface area contributed by atoms with E-state index in [1.807, 2.05) is 0 Å². The number of anilines is 1. The smallest absolute Gasteiger partial charge is 0.390 e. The molecule has 184 valence electrons. The van der Waals surface area contributed by atoms with E-state index in [1.165, 1.54) is 12.1 Å². The molecule has 0 fully saturated rings. The van der Waals surface area contributed by atoms with Gasteiger partial charge in [0.2, 0.25) is 0 Å². The number of aliphatic hydroxyl groups excluding tert-OH is 1. The standard InChI is InChI=1S/C24H21F5N4OS/c25-23(26,13-34)21-20(16-3-4-17-11-31-8-7-15(17)10-16)35-22(33-21)32-12-19(30)9-14-1-5-18(6-2-14)24(27,28)29/h1-8,10-11,19,34H,9,12-13,30H2,(H,32,33)/t19-/m1/s1. The summed E-state index contributed by atoms with van der Waals surface area (Å²) in [4.78, 5) is 8.28. The van der Waals surface area contributed by atoms with Crippen LogP contribution in [0.3, 0.4) is 0 Å². The van der Waals surface area contributed by atoms with Crippen LogP contribution in [0.15, 0.2) is 60.9 Å². The molecule has 0 amide bonds. The fourth-order valence-corrected chi connectivity index (χ4v) is 4.58. The molecule has 11 heteroatoms. The van der Waals surface area contributed by atoms with Crippen LogP contribution >= 0.6 is 11.3 Å². The molecule has 4 N–H and O–H groups in total. The van der Waals surface area contributed by atoms with Crippen molar-refractivity contribution in [3.8, 4) is 10.4 Å². The molecule has 35 heavy (non-hydrogen) atoms. The van der Waals surface area contributed by atoms with E-state index >= 15 is 0 Å². The zero-order valence-electron chi connectivity index (χ0n) is 18.2. The first-order valence-electron chi connectivity index (χ1n) is 10.6. The Balaban J connectivity index is 1.52. The van der Waals surface area contributed by atoms with Crippen molar-refractivity contribution >= 4 is 27.2 Å². The van der Waals surface area contributed by atoms with Gasteiger partial charge in [0.25, 0.3) is 0 Å². The van der Waals surface area contributed by atoms with E-state index in [-0.39, 0.29) is 23.0 Å². The van der Waals surface area contributed by atoms with Crippen molar-refractivity contribution in [3.05, 3.63) is 77.7 Å². The van der Waals surface area contributed by atoms with Crippen LogP contribution in [0.1, 0.15) is 16.8 Å². The molecule has 4 rings (SSSR count). The number of aliphatic hydroxyl groups is 1. The second kappa shape index (κ2) is 9.84. The highest BCUT2D eigenvalue weighted by Crippen LogP contribution is 2.41. The molecule has 0 aliphatic carbocycles. The molecule has 0 radical (unpaired) electrons. The van der Waals surface area contributed by atoms with E-state index in [1.54, 1.807) is 36.7 Å². The van der Waals surface area contributed by atoms with Crippen LogP contribution in [-0.2, 0) is 18.5 Å². The fourth-order valence-electron chi connectivity index (χ4n) is 3.56. The summed E-state index contributed by atoms with van der Waals surface area (Å²) in [7, 11) is 0. The number of pyridine rings is 1. The minimum atomic E-state index is -4.42. The molecule has 2 aromatic heterocycles. The van der Waals surface area contributed by atoms with Crippen molar-refractivity contribution in [2.24, 2.45) is 5.73 Å². The Kier molecular flexibility index (Phi) is 7.02. The van der Waals surface area contributed by atoms with Crippen LogP contribution in [0, 0.1) is 0 Å². The van der Waals surface area contributed by atoms with Gasteiger partial charge in [0.05, 0.1) is 10.4 Å². The Morgan fingerprint density at radius 2 is 1.74 bits per heavy atom. The number of hydrogen-bond donors (Lipinski definition) is 3. The van der Waals surface area contributed by atoms with E-state index in [0.717, 1.165) is 34.2 Å². The van der Waals surface area contributed by atoms with Gasteiger partial charge in [0.1, 0.15) is 12.3 Å². The van der Waals surface area contributed by atoms with E-state index in [2.05, 4.69) is 15.3 Å². The molecule has 0 aliphatic heterocycles. The van der Waals surface area contributed by atoms with Crippen molar-refractivity contribution < 1.29 is 27.1 Å². The van der Waals surface area contributed by atoms with Gasteiger partial charge in [0, 0.05) is 30.4 Å². The minimum Gasteiger partial charge on any atom is -0.390 e. The Hall–Kier alpha value is -3.15. The van der Waals surface area contributed by atoms with Gasteiger partial charge in [0.15, 0.2) is 5.13 Å². The van der Waals surface area contributed by atoms with Gasteiger partial charge in [-0.1, -0.05) is 35.6 Å². The fraction of sp³-hybridized carbons (Fsp3) is 0.250. The number of rotatable bonds is 8. The summed E-state index contributed by atoms with van der Waals surface area (Å²) in [5.41, 5.74) is 5.95. The number of nitrogens with one attached hydrogen (secondary N) is 1. The second-order valence-electron chi connectivity index (χ2n) is 8.04. The summed E-state index contributed by atoms with van der Waals surface area (Å²) in [6.45, 7) is -1.24.